The van der Waals surface area contributed by atoms with E-state index < -0.39 is 0 Å². The molecule has 2 aromatic carbocycles. The molecule has 0 radical (unpaired) electrons. The highest BCUT2D eigenvalue weighted by Gasteiger charge is 2.14. The maximum atomic E-state index is 13.5. The summed E-state index contributed by atoms with van der Waals surface area (Å²) in [6.45, 7) is 0. The molecular formula is C20H19F. The zero-order valence-electron chi connectivity index (χ0n) is 12.1. The molecule has 0 N–H and O–H groups in total. The molecule has 1 fully saturated rings. The Hall–Kier alpha value is -2.07. The summed E-state index contributed by atoms with van der Waals surface area (Å²) < 4.78 is 13.5. The van der Waals surface area contributed by atoms with E-state index in [1.807, 2.05) is 0 Å². The molecule has 0 nitrogen and oxygen atoms in total. The van der Waals surface area contributed by atoms with Crippen LogP contribution in [0.4, 0.5) is 4.39 Å². The van der Waals surface area contributed by atoms with Crippen molar-refractivity contribution in [3.05, 3.63) is 71.0 Å². The molecule has 106 valence electrons. The van der Waals surface area contributed by atoms with Crippen molar-refractivity contribution < 1.29 is 4.39 Å². The van der Waals surface area contributed by atoms with Crippen molar-refractivity contribution in [3.63, 3.8) is 0 Å². The smallest absolute Gasteiger partial charge is 0.138 e. The molecule has 3 rings (SSSR count). The minimum Gasteiger partial charge on any atom is -0.206 e. The van der Waals surface area contributed by atoms with Crippen LogP contribution in [0, 0.1) is 17.7 Å². The van der Waals surface area contributed by atoms with Gasteiger partial charge in [0.15, 0.2) is 0 Å². The van der Waals surface area contributed by atoms with E-state index in [2.05, 4.69) is 36.1 Å². The Bertz CT molecular complexity index is 652. The topological polar surface area (TPSA) is 0 Å². The Kier molecular flexibility index (Phi) is 4.36. The molecule has 0 bridgehead atoms. The van der Waals surface area contributed by atoms with Crippen LogP contribution < -0.4 is 0 Å². The third kappa shape index (κ3) is 3.52. The van der Waals surface area contributed by atoms with Gasteiger partial charge in [-0.25, -0.2) is 4.39 Å². The van der Waals surface area contributed by atoms with Gasteiger partial charge in [-0.3, -0.25) is 0 Å². The molecule has 1 saturated carbocycles. The number of hydrogen-bond acceptors (Lipinski definition) is 0. The first-order valence-corrected chi connectivity index (χ1v) is 7.69. The molecule has 0 aliphatic heterocycles. The number of rotatable bonds is 1. The summed E-state index contributed by atoms with van der Waals surface area (Å²) in [7, 11) is 0. The van der Waals surface area contributed by atoms with Gasteiger partial charge in [-0.1, -0.05) is 55.4 Å². The Morgan fingerprint density at radius 1 is 0.810 bits per heavy atom. The lowest BCUT2D eigenvalue weighted by Gasteiger charge is -2.21. The molecule has 0 unspecified atom stereocenters. The van der Waals surface area contributed by atoms with Crippen LogP contribution in [0.1, 0.15) is 54.7 Å². The highest BCUT2D eigenvalue weighted by molar-refractivity contribution is 5.44. The SMILES string of the molecule is Fc1ccccc1C#Cc1ccc(C2CCCCC2)cc1. The average molecular weight is 278 g/mol. The van der Waals surface area contributed by atoms with E-state index in [1.54, 1.807) is 18.2 Å². The first-order chi connectivity index (χ1) is 10.3. The van der Waals surface area contributed by atoms with Gasteiger partial charge in [-0.05, 0) is 48.6 Å². The fourth-order valence-electron chi connectivity index (χ4n) is 2.98. The quantitative estimate of drug-likeness (QED) is 0.623. The van der Waals surface area contributed by atoms with Gasteiger partial charge in [0.1, 0.15) is 5.82 Å². The Morgan fingerprint density at radius 2 is 1.52 bits per heavy atom. The van der Waals surface area contributed by atoms with Crippen molar-refractivity contribution in [1.82, 2.24) is 0 Å². The molecule has 0 spiro atoms. The second-order valence-electron chi connectivity index (χ2n) is 5.69. The van der Waals surface area contributed by atoms with Crippen LogP contribution in [0.25, 0.3) is 0 Å². The standard InChI is InChI=1S/C20H19F/c21-20-9-5-4-8-19(20)15-12-16-10-13-18(14-11-16)17-6-2-1-3-7-17/h4-5,8-11,13-14,17H,1-3,6-7H2. The van der Waals surface area contributed by atoms with Crippen molar-refractivity contribution in [2.75, 3.05) is 0 Å². The molecule has 1 aliphatic rings. The molecule has 1 heteroatoms. The van der Waals surface area contributed by atoms with E-state index in [0.29, 0.717) is 11.5 Å². The highest BCUT2D eigenvalue weighted by Crippen LogP contribution is 2.32. The Morgan fingerprint density at radius 3 is 2.24 bits per heavy atom. The molecule has 2 aromatic rings. The summed E-state index contributed by atoms with van der Waals surface area (Å²) in [5, 5.41) is 0. The summed E-state index contributed by atoms with van der Waals surface area (Å²) in [4.78, 5) is 0. The van der Waals surface area contributed by atoms with Crippen LogP contribution in [0.5, 0.6) is 0 Å². The van der Waals surface area contributed by atoms with Gasteiger partial charge in [-0.2, -0.15) is 0 Å². The van der Waals surface area contributed by atoms with E-state index in [-0.39, 0.29) is 5.82 Å². The zero-order valence-corrected chi connectivity index (χ0v) is 12.1. The fraction of sp³-hybridized carbons (Fsp3) is 0.300. The number of benzene rings is 2. The summed E-state index contributed by atoms with van der Waals surface area (Å²) in [5.74, 6) is 6.40. The van der Waals surface area contributed by atoms with Crippen molar-refractivity contribution in [2.24, 2.45) is 0 Å². The van der Waals surface area contributed by atoms with E-state index in [1.165, 1.54) is 43.7 Å². The van der Waals surface area contributed by atoms with E-state index >= 15 is 0 Å². The van der Waals surface area contributed by atoms with Gasteiger partial charge in [0.05, 0.1) is 5.56 Å². The fourth-order valence-corrected chi connectivity index (χ4v) is 2.98. The molecule has 21 heavy (non-hydrogen) atoms. The monoisotopic (exact) mass is 278 g/mol. The van der Waals surface area contributed by atoms with Crippen molar-refractivity contribution in [2.45, 2.75) is 38.0 Å². The largest absolute Gasteiger partial charge is 0.206 e. The lowest BCUT2D eigenvalue weighted by molar-refractivity contribution is 0.443. The van der Waals surface area contributed by atoms with Gasteiger partial charge in [0.25, 0.3) is 0 Å². The Balaban J connectivity index is 1.74. The van der Waals surface area contributed by atoms with E-state index in [9.17, 15) is 4.39 Å². The van der Waals surface area contributed by atoms with Crippen LogP contribution >= 0.6 is 0 Å². The molecule has 0 amide bonds. The third-order valence-electron chi connectivity index (χ3n) is 4.20. The molecule has 0 saturated heterocycles. The summed E-state index contributed by atoms with van der Waals surface area (Å²) in [5.41, 5.74) is 2.82. The molecule has 0 atom stereocenters. The number of hydrogen-bond donors (Lipinski definition) is 0. The lowest BCUT2D eigenvalue weighted by Crippen LogP contribution is -2.04. The van der Waals surface area contributed by atoms with Crippen LogP contribution in [0.2, 0.25) is 0 Å². The van der Waals surface area contributed by atoms with Crippen LogP contribution in [-0.4, -0.2) is 0 Å². The third-order valence-corrected chi connectivity index (χ3v) is 4.20. The minimum absolute atomic E-state index is 0.260. The predicted molar refractivity (Wildman–Crippen MR) is 84.6 cm³/mol. The van der Waals surface area contributed by atoms with E-state index in [4.69, 9.17) is 0 Å². The normalized spacial score (nSPS) is 15.3. The first kappa shape index (κ1) is 13.9. The second-order valence-corrected chi connectivity index (χ2v) is 5.69. The van der Waals surface area contributed by atoms with Crippen molar-refractivity contribution in [1.29, 1.82) is 0 Å². The maximum Gasteiger partial charge on any atom is 0.138 e. The molecule has 1 aliphatic carbocycles. The zero-order chi connectivity index (χ0) is 14.5. The summed E-state index contributed by atoms with van der Waals surface area (Å²) in [6.07, 6.45) is 6.68. The molecule has 0 heterocycles. The van der Waals surface area contributed by atoms with Gasteiger partial charge in [0, 0.05) is 5.56 Å². The minimum atomic E-state index is -0.260. The Labute approximate surface area is 126 Å². The lowest BCUT2D eigenvalue weighted by atomic mass is 9.84. The molecule has 0 aromatic heterocycles. The van der Waals surface area contributed by atoms with Crippen LogP contribution in [-0.2, 0) is 0 Å². The van der Waals surface area contributed by atoms with E-state index in [0.717, 1.165) is 5.56 Å². The van der Waals surface area contributed by atoms with Crippen LogP contribution in [0.3, 0.4) is 0 Å². The second kappa shape index (κ2) is 6.59. The predicted octanol–water partition coefficient (Wildman–Crippen LogP) is 5.27. The highest BCUT2D eigenvalue weighted by atomic mass is 19.1. The van der Waals surface area contributed by atoms with Crippen molar-refractivity contribution >= 4 is 0 Å². The summed E-state index contributed by atoms with van der Waals surface area (Å²) in [6, 6.07) is 15.1. The maximum absolute atomic E-state index is 13.5. The van der Waals surface area contributed by atoms with Gasteiger partial charge in [-0.15, -0.1) is 0 Å². The molecular weight excluding hydrogens is 259 g/mol. The average Bonchev–Trinajstić information content (AvgIpc) is 2.55. The number of halogens is 1. The van der Waals surface area contributed by atoms with Gasteiger partial charge < -0.3 is 0 Å². The van der Waals surface area contributed by atoms with Crippen LogP contribution in [0.15, 0.2) is 48.5 Å². The van der Waals surface area contributed by atoms with Gasteiger partial charge >= 0.3 is 0 Å². The van der Waals surface area contributed by atoms with Gasteiger partial charge in [0.2, 0.25) is 0 Å². The van der Waals surface area contributed by atoms with Crippen molar-refractivity contribution in [3.8, 4) is 11.8 Å². The first-order valence-electron chi connectivity index (χ1n) is 7.69. The summed E-state index contributed by atoms with van der Waals surface area (Å²) >= 11 is 0.